The van der Waals surface area contributed by atoms with E-state index in [4.69, 9.17) is 0 Å². The highest BCUT2D eigenvalue weighted by molar-refractivity contribution is 5.20. The number of nitro groups is 1. The minimum atomic E-state index is -0.144. The van der Waals surface area contributed by atoms with E-state index >= 15 is 0 Å². The largest absolute Gasteiger partial charge is 0.265 e. The van der Waals surface area contributed by atoms with Crippen molar-refractivity contribution >= 4 is 0 Å². The SMILES string of the molecule is CC1(C)[C@H]2CC[C@H](CC(C[N+](=O)[O-])c3ccccc3)[C@H]1C2. The second-order valence-corrected chi connectivity index (χ2v) is 7.56. The fourth-order valence-corrected chi connectivity index (χ4v) is 4.83. The molecular weight excluding hydrogens is 262 g/mol. The van der Waals surface area contributed by atoms with E-state index < -0.39 is 0 Å². The molecule has 3 aliphatic rings. The molecule has 0 saturated heterocycles. The molecular formula is C18H25NO2. The van der Waals surface area contributed by atoms with Gasteiger partial charge in [-0.15, -0.1) is 0 Å². The van der Waals surface area contributed by atoms with Crippen molar-refractivity contribution in [3.05, 3.63) is 46.0 Å². The van der Waals surface area contributed by atoms with Crippen LogP contribution < -0.4 is 0 Å². The maximum absolute atomic E-state index is 11.0. The fourth-order valence-electron chi connectivity index (χ4n) is 4.83. The zero-order valence-corrected chi connectivity index (χ0v) is 13.0. The maximum Gasteiger partial charge on any atom is 0.210 e. The summed E-state index contributed by atoms with van der Waals surface area (Å²) in [5, 5.41) is 11.0. The Bertz CT molecular complexity index is 509. The van der Waals surface area contributed by atoms with Gasteiger partial charge in [-0.05, 0) is 54.4 Å². The van der Waals surface area contributed by atoms with Crippen LogP contribution in [0, 0.1) is 33.3 Å². The Morgan fingerprint density at radius 2 is 2.00 bits per heavy atom. The standard InChI is InChI=1S/C18H25NO2/c1-18(2)16-9-8-14(17(18)11-16)10-15(12-19(20)21)13-6-4-3-5-7-13/h3-7,14-17H,8-12H2,1-2H3/t14-,15?,16+,17-/m1/s1. The summed E-state index contributed by atoms with van der Waals surface area (Å²) in [4.78, 5) is 10.9. The topological polar surface area (TPSA) is 43.1 Å². The van der Waals surface area contributed by atoms with Crippen molar-refractivity contribution in [1.82, 2.24) is 0 Å². The molecule has 3 fully saturated rings. The molecule has 3 saturated carbocycles. The summed E-state index contributed by atoms with van der Waals surface area (Å²) in [5.41, 5.74) is 1.59. The Balaban J connectivity index is 1.74. The van der Waals surface area contributed by atoms with Gasteiger partial charge in [-0.2, -0.15) is 0 Å². The first kappa shape index (κ1) is 14.6. The molecule has 0 aliphatic heterocycles. The lowest BCUT2D eigenvalue weighted by Gasteiger charge is -2.60. The van der Waals surface area contributed by atoms with E-state index in [1.807, 2.05) is 30.3 Å². The predicted octanol–water partition coefficient (Wildman–Crippen LogP) is 4.51. The molecule has 0 aromatic heterocycles. The third-order valence-corrected chi connectivity index (χ3v) is 6.23. The van der Waals surface area contributed by atoms with Gasteiger partial charge in [0, 0.05) is 10.8 Å². The molecule has 0 spiro atoms. The van der Waals surface area contributed by atoms with Crippen molar-refractivity contribution < 1.29 is 4.92 Å². The highest BCUT2D eigenvalue weighted by atomic mass is 16.6. The molecule has 21 heavy (non-hydrogen) atoms. The van der Waals surface area contributed by atoms with E-state index in [0.717, 1.165) is 23.8 Å². The second-order valence-electron chi connectivity index (χ2n) is 7.56. The van der Waals surface area contributed by atoms with E-state index in [1.54, 1.807) is 0 Å². The number of hydrogen-bond acceptors (Lipinski definition) is 2. The summed E-state index contributed by atoms with van der Waals surface area (Å²) < 4.78 is 0. The van der Waals surface area contributed by atoms with E-state index in [2.05, 4.69) is 13.8 Å². The second kappa shape index (κ2) is 5.43. The van der Waals surface area contributed by atoms with Gasteiger partial charge in [0.1, 0.15) is 0 Å². The Morgan fingerprint density at radius 3 is 2.57 bits per heavy atom. The number of hydrogen-bond donors (Lipinski definition) is 0. The Morgan fingerprint density at radius 1 is 1.29 bits per heavy atom. The van der Waals surface area contributed by atoms with E-state index in [0.29, 0.717) is 11.3 Å². The van der Waals surface area contributed by atoms with E-state index in [1.165, 1.54) is 19.3 Å². The lowest BCUT2D eigenvalue weighted by molar-refractivity contribution is -0.484. The van der Waals surface area contributed by atoms with Gasteiger partial charge in [0.25, 0.3) is 0 Å². The van der Waals surface area contributed by atoms with Crippen LogP contribution in [0.1, 0.15) is 51.0 Å². The molecule has 0 radical (unpaired) electrons. The summed E-state index contributed by atoms with van der Waals surface area (Å²) in [6, 6.07) is 10.1. The molecule has 3 aliphatic carbocycles. The lowest BCUT2D eigenvalue weighted by atomic mass is 9.45. The molecule has 1 aromatic carbocycles. The first-order chi connectivity index (χ1) is 9.98. The van der Waals surface area contributed by atoms with Crippen molar-refractivity contribution in [2.45, 2.75) is 45.4 Å². The van der Waals surface area contributed by atoms with Crippen LogP contribution in [0.2, 0.25) is 0 Å². The molecule has 3 nitrogen and oxygen atoms in total. The first-order valence-electron chi connectivity index (χ1n) is 8.15. The molecule has 114 valence electrons. The van der Waals surface area contributed by atoms with Crippen LogP contribution in [0.3, 0.4) is 0 Å². The molecule has 4 rings (SSSR count). The van der Waals surface area contributed by atoms with Gasteiger partial charge in [-0.1, -0.05) is 44.2 Å². The van der Waals surface area contributed by atoms with Gasteiger partial charge in [0.15, 0.2) is 0 Å². The lowest BCUT2D eigenvalue weighted by Crippen LogP contribution is -2.52. The number of rotatable bonds is 5. The zero-order chi connectivity index (χ0) is 15.0. The van der Waals surface area contributed by atoms with E-state index in [9.17, 15) is 10.1 Å². The summed E-state index contributed by atoms with van der Waals surface area (Å²) in [6.07, 6.45) is 4.90. The Hall–Kier alpha value is -1.38. The minimum absolute atomic E-state index is 0.0666. The van der Waals surface area contributed by atoms with Crippen LogP contribution in [0.5, 0.6) is 0 Å². The minimum Gasteiger partial charge on any atom is -0.265 e. The van der Waals surface area contributed by atoms with Crippen molar-refractivity contribution in [2.24, 2.45) is 23.2 Å². The highest BCUT2D eigenvalue weighted by Gasteiger charge is 2.54. The van der Waals surface area contributed by atoms with Crippen LogP contribution in [-0.2, 0) is 0 Å². The Labute approximate surface area is 126 Å². The molecule has 2 bridgehead atoms. The van der Waals surface area contributed by atoms with Gasteiger partial charge in [0.2, 0.25) is 6.54 Å². The number of fused-ring (bicyclic) bond motifs is 2. The monoisotopic (exact) mass is 287 g/mol. The zero-order valence-electron chi connectivity index (χ0n) is 13.0. The van der Waals surface area contributed by atoms with Crippen LogP contribution in [-0.4, -0.2) is 11.5 Å². The van der Waals surface area contributed by atoms with Crippen LogP contribution in [0.25, 0.3) is 0 Å². The van der Waals surface area contributed by atoms with Gasteiger partial charge in [-0.25, -0.2) is 0 Å². The smallest absolute Gasteiger partial charge is 0.210 e. The molecule has 4 atom stereocenters. The summed E-state index contributed by atoms with van der Waals surface area (Å²) >= 11 is 0. The van der Waals surface area contributed by atoms with Crippen molar-refractivity contribution in [3.63, 3.8) is 0 Å². The molecule has 0 heterocycles. The summed E-state index contributed by atoms with van der Waals surface area (Å²) in [5.74, 6) is 2.40. The number of benzene rings is 1. The first-order valence-corrected chi connectivity index (χ1v) is 8.15. The third-order valence-electron chi connectivity index (χ3n) is 6.23. The Kier molecular flexibility index (Phi) is 3.76. The van der Waals surface area contributed by atoms with Crippen molar-refractivity contribution in [1.29, 1.82) is 0 Å². The third kappa shape index (κ3) is 2.70. The fraction of sp³-hybridized carbons (Fsp3) is 0.667. The molecule has 0 N–H and O–H groups in total. The predicted molar refractivity (Wildman–Crippen MR) is 83.8 cm³/mol. The molecule has 1 aromatic rings. The van der Waals surface area contributed by atoms with Crippen LogP contribution in [0.15, 0.2) is 30.3 Å². The van der Waals surface area contributed by atoms with Gasteiger partial charge in [0.05, 0.1) is 0 Å². The number of nitrogens with zero attached hydrogens (tertiary/aromatic N) is 1. The summed E-state index contributed by atoms with van der Waals surface area (Å²) in [6.45, 7) is 4.85. The van der Waals surface area contributed by atoms with Crippen LogP contribution in [0.4, 0.5) is 0 Å². The van der Waals surface area contributed by atoms with Gasteiger partial charge in [-0.3, -0.25) is 10.1 Å². The average molecular weight is 287 g/mol. The average Bonchev–Trinajstić information content (AvgIpc) is 2.47. The highest BCUT2D eigenvalue weighted by Crippen LogP contribution is 2.62. The van der Waals surface area contributed by atoms with Crippen molar-refractivity contribution in [2.75, 3.05) is 6.54 Å². The normalized spacial score (nSPS) is 31.2. The molecule has 0 amide bonds. The van der Waals surface area contributed by atoms with Crippen molar-refractivity contribution in [3.8, 4) is 0 Å². The maximum atomic E-state index is 11.0. The van der Waals surface area contributed by atoms with E-state index in [-0.39, 0.29) is 17.4 Å². The summed E-state index contributed by atoms with van der Waals surface area (Å²) in [7, 11) is 0. The quantitative estimate of drug-likeness (QED) is 0.590. The molecule has 1 unspecified atom stereocenters. The van der Waals surface area contributed by atoms with Crippen LogP contribution >= 0.6 is 0 Å². The van der Waals surface area contributed by atoms with Gasteiger partial charge < -0.3 is 0 Å². The molecule has 3 heteroatoms. The van der Waals surface area contributed by atoms with Gasteiger partial charge >= 0.3 is 0 Å².